The summed E-state index contributed by atoms with van der Waals surface area (Å²) in [6.07, 6.45) is -3.56. The summed E-state index contributed by atoms with van der Waals surface area (Å²) >= 11 is 0. The Morgan fingerprint density at radius 1 is 0.543 bits per heavy atom. The molecule has 0 aromatic heterocycles. The molecule has 70 heavy (non-hydrogen) atoms. The number of ether oxygens (including phenoxy) is 7. The molecule has 1 saturated heterocycles. The van der Waals surface area contributed by atoms with Crippen molar-refractivity contribution in [3.05, 3.63) is 203 Å². The first-order valence-electron chi connectivity index (χ1n) is 23.9. The number of aliphatic carboxylic acids is 1. The number of carbonyl (C=O) groups is 3. The second-order valence-corrected chi connectivity index (χ2v) is 17.3. The molecule has 0 spiro atoms. The van der Waals surface area contributed by atoms with E-state index in [1.54, 1.807) is 0 Å². The molecule has 1 heterocycles. The Kier molecular flexibility index (Phi) is 18.3. The van der Waals surface area contributed by atoms with Crippen LogP contribution in [0.2, 0.25) is 0 Å². The Bertz CT molecular complexity index is 2500. The van der Waals surface area contributed by atoms with Crippen LogP contribution in [-0.4, -0.2) is 86.2 Å². The Labute approximate surface area is 409 Å². The zero-order valence-corrected chi connectivity index (χ0v) is 39.0. The summed E-state index contributed by atoms with van der Waals surface area (Å²) in [4.78, 5) is 38.1. The van der Waals surface area contributed by atoms with Crippen LogP contribution < -0.4 is 10.6 Å². The van der Waals surface area contributed by atoms with E-state index in [9.17, 15) is 19.5 Å². The fourth-order valence-corrected chi connectivity index (χ4v) is 8.83. The second-order valence-electron chi connectivity index (χ2n) is 17.3. The quantitative estimate of drug-likeness (QED) is 0.0470. The molecule has 364 valence electrons. The van der Waals surface area contributed by atoms with Gasteiger partial charge in [0.05, 0.1) is 33.0 Å². The number of alkyl carbamates (subject to hydrolysis) is 1. The smallest absolute Gasteiger partial charge is 0.407 e. The summed E-state index contributed by atoms with van der Waals surface area (Å²) in [5.41, 5.74) is 8.16. The van der Waals surface area contributed by atoms with Crippen LogP contribution >= 0.6 is 0 Å². The normalized spacial score (nSPS) is 18.8. The maximum Gasteiger partial charge on any atom is 0.407 e. The zero-order chi connectivity index (χ0) is 48.3. The maximum absolute atomic E-state index is 13.1. The lowest BCUT2D eigenvalue weighted by Crippen LogP contribution is -2.61. The lowest BCUT2D eigenvalue weighted by molar-refractivity contribution is -0.330. The Hall–Kier alpha value is -6.71. The number of unbranched alkanes of at least 4 members (excludes halogenated alkanes) is 1. The summed E-state index contributed by atoms with van der Waals surface area (Å²) in [5.74, 6) is -1.68. The highest BCUT2D eigenvalue weighted by Gasteiger charge is 2.49. The van der Waals surface area contributed by atoms with Crippen LogP contribution in [-0.2, 0) is 69.2 Å². The Balaban J connectivity index is 0.864. The molecule has 13 nitrogen and oxygen atoms in total. The average molecular weight is 949 g/mol. The van der Waals surface area contributed by atoms with E-state index in [1.807, 2.05) is 170 Å². The van der Waals surface area contributed by atoms with Crippen LogP contribution in [0.25, 0.3) is 11.1 Å². The molecular formula is C57H60N2O11. The van der Waals surface area contributed by atoms with Gasteiger partial charge in [0.25, 0.3) is 0 Å². The molecule has 0 bridgehead atoms. The number of benzene rings is 6. The standard InChI is InChI=1S/C57H60N2O11/c60-51(58-32-18-17-31-49(55(61)62)59-57(63)69-37-48-46-29-15-13-27-44(46)45-28-14-16-30-47(45)48)39-64-38-50-52(65-33-40-19-5-1-6-20-40)53(66-34-41-21-7-2-8-22-41)54(67-35-42-23-9-3-10-24-42)56(70-50)68-36-43-25-11-4-12-26-43/h1-16,19-30,48-50,52-54,56H,17-18,31-39H2,(H,58,60)(H,59,63)(H,61,62)/t49-,50+,52+,53-,54+,56+/m0/s1. The lowest BCUT2D eigenvalue weighted by Gasteiger charge is -2.45. The predicted molar refractivity (Wildman–Crippen MR) is 262 cm³/mol. The van der Waals surface area contributed by atoms with E-state index in [1.165, 1.54) is 0 Å². The monoisotopic (exact) mass is 948 g/mol. The number of nitrogens with one attached hydrogen (secondary N) is 2. The zero-order valence-electron chi connectivity index (χ0n) is 39.0. The van der Waals surface area contributed by atoms with Crippen molar-refractivity contribution in [2.45, 2.75) is 88.4 Å². The summed E-state index contributed by atoms with van der Waals surface area (Å²) < 4.78 is 45.1. The lowest BCUT2D eigenvalue weighted by atomic mass is 9.97. The van der Waals surface area contributed by atoms with Gasteiger partial charge < -0.3 is 48.9 Å². The van der Waals surface area contributed by atoms with Crippen molar-refractivity contribution in [1.29, 1.82) is 0 Å². The van der Waals surface area contributed by atoms with Crippen LogP contribution in [0.15, 0.2) is 170 Å². The summed E-state index contributed by atoms with van der Waals surface area (Å²) in [6.45, 7) is 1.07. The molecule has 1 aliphatic carbocycles. The van der Waals surface area contributed by atoms with Crippen LogP contribution in [0.4, 0.5) is 4.79 Å². The highest BCUT2D eigenvalue weighted by atomic mass is 16.7. The van der Waals surface area contributed by atoms with E-state index < -0.39 is 48.8 Å². The van der Waals surface area contributed by atoms with Gasteiger partial charge in [0, 0.05) is 12.5 Å². The van der Waals surface area contributed by atoms with Crippen LogP contribution in [0.3, 0.4) is 0 Å². The largest absolute Gasteiger partial charge is 0.480 e. The number of rotatable bonds is 25. The Morgan fingerprint density at radius 2 is 1.01 bits per heavy atom. The maximum atomic E-state index is 13.1. The van der Waals surface area contributed by atoms with Gasteiger partial charge >= 0.3 is 12.1 Å². The number of hydrogen-bond acceptors (Lipinski definition) is 10. The molecular weight excluding hydrogens is 889 g/mol. The average Bonchev–Trinajstić information content (AvgIpc) is 3.72. The minimum Gasteiger partial charge on any atom is -0.480 e. The van der Waals surface area contributed by atoms with Gasteiger partial charge in [-0.2, -0.15) is 0 Å². The molecule has 0 radical (unpaired) electrons. The molecule has 6 atom stereocenters. The second kappa shape index (κ2) is 25.8. The van der Waals surface area contributed by atoms with Crippen LogP contribution in [0, 0.1) is 0 Å². The molecule has 0 unspecified atom stereocenters. The van der Waals surface area contributed by atoms with Gasteiger partial charge in [0.15, 0.2) is 6.29 Å². The number of carboxylic acid groups (broad SMARTS) is 1. The molecule has 2 amide bonds. The van der Waals surface area contributed by atoms with E-state index >= 15 is 0 Å². The van der Waals surface area contributed by atoms with Crippen molar-refractivity contribution in [2.24, 2.45) is 0 Å². The molecule has 6 aromatic rings. The van der Waals surface area contributed by atoms with E-state index in [4.69, 9.17) is 33.2 Å². The van der Waals surface area contributed by atoms with Gasteiger partial charge in [0.1, 0.15) is 43.7 Å². The number of hydrogen-bond donors (Lipinski definition) is 3. The number of fused-ring (bicyclic) bond motifs is 3. The topological polar surface area (TPSA) is 160 Å². The van der Waals surface area contributed by atoms with Crippen LogP contribution in [0.5, 0.6) is 0 Å². The predicted octanol–water partition coefficient (Wildman–Crippen LogP) is 8.98. The molecule has 6 aromatic carbocycles. The van der Waals surface area contributed by atoms with E-state index in [0.29, 0.717) is 12.8 Å². The molecule has 3 N–H and O–H groups in total. The van der Waals surface area contributed by atoms with Crippen molar-refractivity contribution in [3.63, 3.8) is 0 Å². The third-order valence-corrected chi connectivity index (χ3v) is 12.4. The molecule has 1 fully saturated rings. The highest BCUT2D eigenvalue weighted by molar-refractivity contribution is 5.81. The number of carbonyl (C=O) groups excluding carboxylic acids is 2. The van der Waals surface area contributed by atoms with Gasteiger partial charge in [0.2, 0.25) is 5.91 Å². The molecule has 0 saturated carbocycles. The summed E-state index contributed by atoms with van der Waals surface area (Å²) in [6, 6.07) is 54.2. The number of carboxylic acids is 1. The minimum absolute atomic E-state index is 0.0312. The van der Waals surface area contributed by atoms with Gasteiger partial charge in [-0.15, -0.1) is 0 Å². The van der Waals surface area contributed by atoms with Crippen LogP contribution in [0.1, 0.15) is 58.6 Å². The minimum atomic E-state index is -1.17. The van der Waals surface area contributed by atoms with E-state index in [0.717, 1.165) is 44.5 Å². The first kappa shape index (κ1) is 49.7. The fraction of sp³-hybridized carbons (Fsp3) is 0.316. The van der Waals surface area contributed by atoms with Gasteiger partial charge in [-0.05, 0) is 63.8 Å². The molecule has 13 heteroatoms. The first-order chi connectivity index (χ1) is 34.4. The van der Waals surface area contributed by atoms with Crippen molar-refractivity contribution in [3.8, 4) is 11.1 Å². The van der Waals surface area contributed by atoms with Gasteiger partial charge in [-0.3, -0.25) is 4.79 Å². The Morgan fingerprint density at radius 3 is 1.54 bits per heavy atom. The first-order valence-corrected chi connectivity index (χ1v) is 23.9. The van der Waals surface area contributed by atoms with Crippen molar-refractivity contribution in [2.75, 3.05) is 26.4 Å². The van der Waals surface area contributed by atoms with Crippen molar-refractivity contribution in [1.82, 2.24) is 10.6 Å². The SMILES string of the molecule is O=C(COC[C@H]1O[C@@H](OCc2ccccc2)[C@H](OCc2ccccc2)[C@@H](OCc2ccccc2)[C@@H]1OCc1ccccc1)NCCCC[C@H](NC(=O)OCC1c2ccccc2-c2ccccc21)C(=O)O. The third-order valence-electron chi connectivity index (χ3n) is 12.4. The van der Waals surface area contributed by atoms with Crippen molar-refractivity contribution >= 4 is 18.0 Å². The third kappa shape index (κ3) is 14.0. The van der Waals surface area contributed by atoms with E-state index in [-0.39, 0.29) is 71.0 Å². The fourth-order valence-electron chi connectivity index (χ4n) is 8.83. The number of amides is 2. The summed E-state index contributed by atoms with van der Waals surface area (Å²) in [7, 11) is 0. The molecule has 2 aliphatic rings. The van der Waals surface area contributed by atoms with Gasteiger partial charge in [-0.1, -0.05) is 170 Å². The van der Waals surface area contributed by atoms with Gasteiger partial charge in [-0.25, -0.2) is 9.59 Å². The molecule has 1 aliphatic heterocycles. The molecule has 8 rings (SSSR count). The van der Waals surface area contributed by atoms with E-state index in [2.05, 4.69) is 10.6 Å². The highest BCUT2D eigenvalue weighted by Crippen LogP contribution is 2.44. The summed E-state index contributed by atoms with van der Waals surface area (Å²) in [5, 5.41) is 15.3. The van der Waals surface area contributed by atoms with Crippen molar-refractivity contribution < 1.29 is 52.6 Å².